The van der Waals surface area contributed by atoms with Crippen molar-refractivity contribution in [1.29, 1.82) is 0 Å². The highest BCUT2D eigenvalue weighted by molar-refractivity contribution is 6.07. The van der Waals surface area contributed by atoms with E-state index in [4.69, 9.17) is 5.73 Å². The molecule has 0 radical (unpaired) electrons. The Hall–Kier alpha value is -1.87. The first-order valence-corrected chi connectivity index (χ1v) is 6.23. The van der Waals surface area contributed by atoms with Gasteiger partial charge in [-0.25, -0.2) is 0 Å². The number of rotatable bonds is 0. The summed E-state index contributed by atoms with van der Waals surface area (Å²) >= 11 is 0. The Balaban J connectivity index is 2.24. The minimum Gasteiger partial charge on any atom is -0.384 e. The summed E-state index contributed by atoms with van der Waals surface area (Å²) in [5.41, 5.74) is 10.3. The van der Waals surface area contributed by atoms with Crippen molar-refractivity contribution in [1.82, 2.24) is 5.32 Å². The average molecular weight is 240 g/mol. The number of allylic oxidation sites excluding steroid dienone is 1. The van der Waals surface area contributed by atoms with Crippen molar-refractivity contribution in [2.75, 3.05) is 6.54 Å². The van der Waals surface area contributed by atoms with Crippen LogP contribution in [0.2, 0.25) is 0 Å². The molecule has 2 atom stereocenters. The first kappa shape index (κ1) is 11.2. The van der Waals surface area contributed by atoms with E-state index in [1.54, 1.807) is 6.08 Å². The van der Waals surface area contributed by atoms with E-state index in [2.05, 4.69) is 24.4 Å². The normalized spacial score (nSPS) is 26.2. The lowest BCUT2D eigenvalue weighted by Crippen LogP contribution is -2.35. The molecule has 3 rings (SSSR count). The molecule has 1 aromatic rings. The van der Waals surface area contributed by atoms with E-state index in [1.807, 2.05) is 18.2 Å². The molecule has 0 bridgehead atoms. The van der Waals surface area contributed by atoms with E-state index in [9.17, 15) is 4.79 Å². The first-order valence-electron chi connectivity index (χ1n) is 6.23. The van der Waals surface area contributed by atoms with Crippen molar-refractivity contribution in [3.05, 3.63) is 53.2 Å². The number of benzene rings is 1. The largest absolute Gasteiger partial charge is 0.384 e. The highest BCUT2D eigenvalue weighted by Gasteiger charge is 2.29. The number of ketones is 1. The third-order valence-corrected chi connectivity index (χ3v) is 3.70. The van der Waals surface area contributed by atoms with Gasteiger partial charge in [-0.3, -0.25) is 4.79 Å². The molecule has 0 aromatic heterocycles. The van der Waals surface area contributed by atoms with E-state index < -0.39 is 6.04 Å². The molecule has 0 amide bonds. The van der Waals surface area contributed by atoms with Gasteiger partial charge in [0, 0.05) is 17.8 Å². The monoisotopic (exact) mass is 240 g/mol. The van der Waals surface area contributed by atoms with Gasteiger partial charge in [-0.15, -0.1) is 0 Å². The molecule has 1 aromatic carbocycles. The van der Waals surface area contributed by atoms with Crippen LogP contribution in [-0.2, 0) is 4.79 Å². The van der Waals surface area contributed by atoms with Gasteiger partial charge in [-0.2, -0.15) is 0 Å². The number of nitrogens with one attached hydrogen (secondary N) is 1. The van der Waals surface area contributed by atoms with Crippen LogP contribution in [0.25, 0.3) is 5.57 Å². The molecule has 3 N–H and O–H groups in total. The maximum atomic E-state index is 11.8. The van der Waals surface area contributed by atoms with Gasteiger partial charge in [0.1, 0.15) is 0 Å². The molecule has 0 fully saturated rings. The Morgan fingerprint density at radius 1 is 1.28 bits per heavy atom. The van der Waals surface area contributed by atoms with Crippen LogP contribution < -0.4 is 11.1 Å². The van der Waals surface area contributed by atoms with Gasteiger partial charge in [0.05, 0.1) is 6.04 Å². The third-order valence-electron chi connectivity index (χ3n) is 3.70. The van der Waals surface area contributed by atoms with Crippen LogP contribution in [0.1, 0.15) is 24.0 Å². The number of hydrogen-bond acceptors (Lipinski definition) is 3. The molecule has 1 heterocycles. The van der Waals surface area contributed by atoms with Crippen molar-refractivity contribution in [2.45, 2.75) is 18.9 Å². The molecule has 1 aliphatic heterocycles. The lowest BCUT2D eigenvalue weighted by molar-refractivity contribution is -0.114. The van der Waals surface area contributed by atoms with E-state index in [0.717, 1.165) is 23.4 Å². The summed E-state index contributed by atoms with van der Waals surface area (Å²) in [6.45, 7) is 3.04. The number of fused-ring (bicyclic) bond motifs is 2. The molecule has 0 saturated heterocycles. The lowest BCUT2D eigenvalue weighted by atomic mass is 9.86. The zero-order chi connectivity index (χ0) is 12.7. The van der Waals surface area contributed by atoms with Gasteiger partial charge in [-0.1, -0.05) is 31.2 Å². The zero-order valence-corrected chi connectivity index (χ0v) is 10.3. The van der Waals surface area contributed by atoms with Gasteiger partial charge in [-0.05, 0) is 29.2 Å². The third kappa shape index (κ3) is 1.59. The second-order valence-corrected chi connectivity index (χ2v) is 4.91. The smallest absolute Gasteiger partial charge is 0.177 e. The molecule has 0 saturated carbocycles. The second kappa shape index (κ2) is 4.10. The zero-order valence-electron chi connectivity index (χ0n) is 10.3. The van der Waals surface area contributed by atoms with Crippen LogP contribution in [-0.4, -0.2) is 18.4 Å². The standard InChI is InChI=1S/C15H16N2O/c1-9-8-17-12-6-7-13(18)15(16)14(12)11-5-3-2-4-10(9)11/h2-7,9,15,17H,8,16H2,1H3. The molecule has 18 heavy (non-hydrogen) atoms. The van der Waals surface area contributed by atoms with Crippen molar-refractivity contribution in [2.24, 2.45) is 5.73 Å². The molecular weight excluding hydrogens is 224 g/mol. The van der Waals surface area contributed by atoms with E-state index in [0.29, 0.717) is 5.92 Å². The Labute approximate surface area is 106 Å². The molecular formula is C15H16N2O. The number of carbonyl (C=O) groups is 1. The summed E-state index contributed by atoms with van der Waals surface area (Å²) in [6, 6.07) is 7.65. The summed E-state index contributed by atoms with van der Waals surface area (Å²) in [6.07, 6.45) is 3.41. The topological polar surface area (TPSA) is 55.1 Å². The second-order valence-electron chi connectivity index (χ2n) is 4.91. The lowest BCUT2D eigenvalue weighted by Gasteiger charge is -2.21. The van der Waals surface area contributed by atoms with Crippen molar-refractivity contribution < 1.29 is 4.79 Å². The van der Waals surface area contributed by atoms with Crippen molar-refractivity contribution in [3.8, 4) is 0 Å². The Morgan fingerprint density at radius 2 is 2.06 bits per heavy atom. The fourth-order valence-electron chi connectivity index (χ4n) is 2.68. The number of hydrogen-bond donors (Lipinski definition) is 2. The SMILES string of the molecule is CC1CNC2=C(c3ccccc31)C(N)C(=O)C=C2. The average Bonchev–Trinajstić information content (AvgIpc) is 2.53. The quantitative estimate of drug-likeness (QED) is 0.723. The Bertz CT molecular complexity index is 572. The van der Waals surface area contributed by atoms with Gasteiger partial charge in [0.2, 0.25) is 0 Å². The van der Waals surface area contributed by atoms with Crippen LogP contribution in [0.4, 0.5) is 0 Å². The highest BCUT2D eigenvalue weighted by Crippen LogP contribution is 2.33. The number of carbonyl (C=O) groups excluding carboxylic acids is 1. The van der Waals surface area contributed by atoms with Gasteiger partial charge in [0.15, 0.2) is 5.78 Å². The van der Waals surface area contributed by atoms with Crippen LogP contribution >= 0.6 is 0 Å². The van der Waals surface area contributed by atoms with Crippen molar-refractivity contribution >= 4 is 11.4 Å². The predicted molar refractivity (Wildman–Crippen MR) is 71.9 cm³/mol. The summed E-state index contributed by atoms with van der Waals surface area (Å²) in [5, 5.41) is 3.39. The Kier molecular flexibility index (Phi) is 2.56. The molecule has 2 aliphatic rings. The molecule has 1 aliphatic carbocycles. The summed E-state index contributed by atoms with van der Waals surface area (Å²) < 4.78 is 0. The highest BCUT2D eigenvalue weighted by atomic mass is 16.1. The van der Waals surface area contributed by atoms with Gasteiger partial charge in [0.25, 0.3) is 0 Å². The van der Waals surface area contributed by atoms with Crippen LogP contribution in [0, 0.1) is 0 Å². The van der Waals surface area contributed by atoms with Crippen LogP contribution in [0.3, 0.4) is 0 Å². The number of nitrogens with two attached hydrogens (primary N) is 1. The van der Waals surface area contributed by atoms with Crippen LogP contribution in [0.5, 0.6) is 0 Å². The fraction of sp³-hybridized carbons (Fsp3) is 0.267. The minimum absolute atomic E-state index is 0.0279. The molecule has 0 spiro atoms. The maximum absolute atomic E-state index is 11.8. The van der Waals surface area contributed by atoms with E-state index in [1.165, 1.54) is 5.56 Å². The summed E-state index contributed by atoms with van der Waals surface area (Å²) in [4.78, 5) is 11.8. The predicted octanol–water partition coefficient (Wildman–Crippen LogP) is 1.57. The fourth-order valence-corrected chi connectivity index (χ4v) is 2.68. The van der Waals surface area contributed by atoms with Gasteiger partial charge >= 0.3 is 0 Å². The summed E-state index contributed by atoms with van der Waals surface area (Å²) in [5.74, 6) is 0.377. The molecule has 3 nitrogen and oxygen atoms in total. The van der Waals surface area contributed by atoms with E-state index in [-0.39, 0.29) is 5.78 Å². The van der Waals surface area contributed by atoms with Crippen molar-refractivity contribution in [3.63, 3.8) is 0 Å². The van der Waals surface area contributed by atoms with Gasteiger partial charge < -0.3 is 11.1 Å². The Morgan fingerprint density at radius 3 is 2.89 bits per heavy atom. The first-order chi connectivity index (χ1) is 8.68. The van der Waals surface area contributed by atoms with Crippen LogP contribution in [0.15, 0.2) is 42.1 Å². The summed E-state index contributed by atoms with van der Waals surface area (Å²) in [7, 11) is 0. The molecule has 92 valence electrons. The minimum atomic E-state index is -0.552. The molecule has 3 heteroatoms. The maximum Gasteiger partial charge on any atom is 0.177 e. The molecule has 2 unspecified atom stereocenters. The van der Waals surface area contributed by atoms with E-state index >= 15 is 0 Å².